The highest BCUT2D eigenvalue weighted by Gasteiger charge is 2.07. The monoisotopic (exact) mass is 262 g/mol. The maximum Gasteiger partial charge on any atom is 0.248 e. The standard InChI is InChI=1S/C12H14N4OS/c1-7-12(8(2)16-15-7)14-11(17)5-4-10-6-18-9(3)13-10/h4-6H,1-3H3,(H,14,17)(H,15,16)/b5-4+. The molecule has 0 saturated carbocycles. The van der Waals surface area contributed by atoms with E-state index in [1.807, 2.05) is 26.2 Å². The molecule has 0 aliphatic rings. The molecule has 2 aromatic rings. The van der Waals surface area contributed by atoms with Gasteiger partial charge in [-0.1, -0.05) is 0 Å². The second-order valence-electron chi connectivity index (χ2n) is 3.92. The van der Waals surface area contributed by atoms with Gasteiger partial charge in [0.25, 0.3) is 0 Å². The van der Waals surface area contributed by atoms with Crippen molar-refractivity contribution in [3.8, 4) is 0 Å². The van der Waals surface area contributed by atoms with Crippen LogP contribution in [-0.4, -0.2) is 21.1 Å². The fourth-order valence-electron chi connectivity index (χ4n) is 1.52. The van der Waals surface area contributed by atoms with Gasteiger partial charge in [0.05, 0.1) is 27.8 Å². The third-order valence-corrected chi connectivity index (χ3v) is 3.21. The molecule has 0 aliphatic carbocycles. The number of amides is 1. The summed E-state index contributed by atoms with van der Waals surface area (Å²) < 4.78 is 0. The molecule has 2 rings (SSSR count). The number of nitrogens with zero attached hydrogens (tertiary/aromatic N) is 2. The summed E-state index contributed by atoms with van der Waals surface area (Å²) in [4.78, 5) is 16.0. The lowest BCUT2D eigenvalue weighted by atomic mass is 10.3. The SMILES string of the molecule is Cc1nc(/C=C/C(=O)Nc2c(C)n[nH]c2C)cs1. The van der Waals surface area contributed by atoms with Gasteiger partial charge in [-0.05, 0) is 26.8 Å². The molecular formula is C12H14N4OS. The van der Waals surface area contributed by atoms with Gasteiger partial charge < -0.3 is 5.32 Å². The summed E-state index contributed by atoms with van der Waals surface area (Å²) in [5.41, 5.74) is 3.16. The molecule has 2 heterocycles. The van der Waals surface area contributed by atoms with Crippen LogP contribution in [-0.2, 0) is 4.79 Å². The Morgan fingerprint density at radius 2 is 2.22 bits per heavy atom. The van der Waals surface area contributed by atoms with E-state index in [4.69, 9.17) is 0 Å². The lowest BCUT2D eigenvalue weighted by Gasteiger charge is -2.00. The highest BCUT2D eigenvalue weighted by atomic mass is 32.1. The minimum Gasteiger partial charge on any atom is -0.319 e. The molecular weight excluding hydrogens is 248 g/mol. The average Bonchev–Trinajstić information content (AvgIpc) is 2.87. The molecule has 6 heteroatoms. The molecule has 0 aliphatic heterocycles. The molecule has 2 aromatic heterocycles. The third kappa shape index (κ3) is 2.84. The maximum atomic E-state index is 11.7. The van der Waals surface area contributed by atoms with E-state index in [-0.39, 0.29) is 5.91 Å². The van der Waals surface area contributed by atoms with Crippen LogP contribution in [0.4, 0.5) is 5.69 Å². The van der Waals surface area contributed by atoms with Crippen LogP contribution in [0.1, 0.15) is 22.1 Å². The fourth-order valence-corrected chi connectivity index (χ4v) is 2.10. The molecule has 18 heavy (non-hydrogen) atoms. The van der Waals surface area contributed by atoms with E-state index in [1.165, 1.54) is 6.08 Å². The van der Waals surface area contributed by atoms with E-state index in [1.54, 1.807) is 17.4 Å². The fraction of sp³-hybridized carbons (Fsp3) is 0.250. The summed E-state index contributed by atoms with van der Waals surface area (Å²) >= 11 is 1.56. The van der Waals surface area contributed by atoms with Crippen molar-refractivity contribution in [3.05, 3.63) is 33.5 Å². The summed E-state index contributed by atoms with van der Waals surface area (Å²) in [6, 6.07) is 0. The van der Waals surface area contributed by atoms with Gasteiger partial charge in [0, 0.05) is 11.5 Å². The van der Waals surface area contributed by atoms with Crippen LogP contribution in [0, 0.1) is 20.8 Å². The molecule has 5 nitrogen and oxygen atoms in total. The van der Waals surface area contributed by atoms with Gasteiger partial charge in [-0.2, -0.15) is 5.10 Å². The first-order chi connectivity index (χ1) is 8.56. The number of hydrogen-bond donors (Lipinski definition) is 2. The first-order valence-corrected chi connectivity index (χ1v) is 6.37. The summed E-state index contributed by atoms with van der Waals surface area (Å²) in [5, 5.41) is 12.5. The van der Waals surface area contributed by atoms with Gasteiger partial charge >= 0.3 is 0 Å². The molecule has 0 bridgehead atoms. The van der Waals surface area contributed by atoms with Crippen molar-refractivity contribution < 1.29 is 4.79 Å². The van der Waals surface area contributed by atoms with Crippen molar-refractivity contribution in [3.63, 3.8) is 0 Å². The summed E-state index contributed by atoms with van der Waals surface area (Å²) in [6.07, 6.45) is 3.17. The van der Waals surface area contributed by atoms with Crippen LogP contribution in [0.5, 0.6) is 0 Å². The van der Waals surface area contributed by atoms with Gasteiger partial charge in [0.2, 0.25) is 5.91 Å². The minimum atomic E-state index is -0.187. The second kappa shape index (κ2) is 5.14. The molecule has 0 aromatic carbocycles. The number of aromatic nitrogens is 3. The zero-order valence-electron chi connectivity index (χ0n) is 10.4. The Bertz CT molecular complexity index is 577. The number of aryl methyl sites for hydroxylation is 3. The highest BCUT2D eigenvalue weighted by molar-refractivity contribution is 7.09. The number of aromatic amines is 1. The number of anilines is 1. The number of carbonyl (C=O) groups is 1. The van der Waals surface area contributed by atoms with Crippen molar-refractivity contribution in [1.29, 1.82) is 0 Å². The Morgan fingerprint density at radius 3 is 2.78 bits per heavy atom. The zero-order valence-corrected chi connectivity index (χ0v) is 11.3. The van der Waals surface area contributed by atoms with Gasteiger partial charge in [0.15, 0.2) is 0 Å². The predicted octanol–water partition coefficient (Wildman–Crippen LogP) is 2.44. The van der Waals surface area contributed by atoms with Crippen molar-refractivity contribution >= 4 is 29.0 Å². The van der Waals surface area contributed by atoms with Crippen molar-refractivity contribution in [1.82, 2.24) is 15.2 Å². The molecule has 0 unspecified atom stereocenters. The molecule has 0 atom stereocenters. The quantitative estimate of drug-likeness (QED) is 0.835. The lowest BCUT2D eigenvalue weighted by Crippen LogP contribution is -2.09. The Balaban J connectivity index is 2.03. The number of carbonyl (C=O) groups excluding carboxylic acids is 1. The van der Waals surface area contributed by atoms with E-state index in [0.29, 0.717) is 0 Å². The Kier molecular flexibility index (Phi) is 3.57. The molecule has 0 spiro atoms. The van der Waals surface area contributed by atoms with Gasteiger partial charge in [0.1, 0.15) is 0 Å². The van der Waals surface area contributed by atoms with Gasteiger partial charge in [-0.15, -0.1) is 11.3 Å². The normalized spacial score (nSPS) is 11.1. The van der Waals surface area contributed by atoms with Crippen molar-refractivity contribution in [2.24, 2.45) is 0 Å². The highest BCUT2D eigenvalue weighted by Crippen LogP contribution is 2.16. The second-order valence-corrected chi connectivity index (χ2v) is 4.99. The van der Waals surface area contributed by atoms with Crippen LogP contribution in [0.3, 0.4) is 0 Å². The zero-order chi connectivity index (χ0) is 13.1. The van der Waals surface area contributed by atoms with Crippen molar-refractivity contribution in [2.75, 3.05) is 5.32 Å². The van der Waals surface area contributed by atoms with Crippen LogP contribution in [0.15, 0.2) is 11.5 Å². The van der Waals surface area contributed by atoms with E-state index >= 15 is 0 Å². The van der Waals surface area contributed by atoms with Gasteiger partial charge in [-0.3, -0.25) is 9.89 Å². The molecule has 2 N–H and O–H groups in total. The Hall–Kier alpha value is -1.95. The van der Waals surface area contributed by atoms with Crippen LogP contribution < -0.4 is 5.32 Å². The number of hydrogen-bond acceptors (Lipinski definition) is 4. The molecule has 94 valence electrons. The first kappa shape index (κ1) is 12.5. The number of H-pyrrole nitrogens is 1. The summed E-state index contributed by atoms with van der Waals surface area (Å²) in [6.45, 7) is 5.63. The van der Waals surface area contributed by atoms with Crippen LogP contribution in [0.2, 0.25) is 0 Å². The summed E-state index contributed by atoms with van der Waals surface area (Å²) in [7, 11) is 0. The number of rotatable bonds is 3. The smallest absolute Gasteiger partial charge is 0.248 e. The number of thiazole rings is 1. The molecule has 0 saturated heterocycles. The first-order valence-electron chi connectivity index (χ1n) is 5.49. The van der Waals surface area contributed by atoms with Crippen LogP contribution in [0.25, 0.3) is 6.08 Å². The van der Waals surface area contributed by atoms with Crippen molar-refractivity contribution in [2.45, 2.75) is 20.8 Å². The summed E-state index contributed by atoms with van der Waals surface area (Å²) in [5.74, 6) is -0.187. The maximum absolute atomic E-state index is 11.7. The van der Waals surface area contributed by atoms with E-state index in [9.17, 15) is 4.79 Å². The predicted molar refractivity (Wildman–Crippen MR) is 72.6 cm³/mol. The largest absolute Gasteiger partial charge is 0.319 e. The molecule has 1 amide bonds. The third-order valence-electron chi connectivity index (χ3n) is 2.42. The Labute approximate surface area is 109 Å². The van der Waals surface area contributed by atoms with Crippen LogP contribution >= 0.6 is 11.3 Å². The lowest BCUT2D eigenvalue weighted by molar-refractivity contribution is -0.111. The van der Waals surface area contributed by atoms with E-state index in [2.05, 4.69) is 20.5 Å². The molecule has 0 radical (unpaired) electrons. The average molecular weight is 262 g/mol. The molecule has 0 fully saturated rings. The van der Waals surface area contributed by atoms with E-state index < -0.39 is 0 Å². The Morgan fingerprint density at radius 1 is 1.44 bits per heavy atom. The van der Waals surface area contributed by atoms with E-state index in [0.717, 1.165) is 27.8 Å². The number of nitrogens with one attached hydrogen (secondary N) is 2. The topological polar surface area (TPSA) is 70.7 Å². The van der Waals surface area contributed by atoms with Gasteiger partial charge in [-0.25, -0.2) is 4.98 Å². The minimum absolute atomic E-state index is 0.187.